The predicted molar refractivity (Wildman–Crippen MR) is 119 cm³/mol. The molecule has 0 aliphatic carbocycles. The third-order valence-corrected chi connectivity index (χ3v) is 5.42. The Bertz CT molecular complexity index is 940. The molecule has 7 heteroatoms. The Morgan fingerprint density at radius 2 is 1.78 bits per heavy atom. The summed E-state index contributed by atoms with van der Waals surface area (Å²) in [5, 5.41) is 0. The number of halogens is 1. The van der Waals surface area contributed by atoms with E-state index in [1.54, 1.807) is 35.1 Å². The molecule has 1 aliphatic heterocycles. The fourth-order valence-electron chi connectivity index (χ4n) is 3.64. The van der Waals surface area contributed by atoms with Gasteiger partial charge in [0.15, 0.2) is 0 Å². The zero-order chi connectivity index (χ0) is 23.3. The van der Waals surface area contributed by atoms with Crippen LogP contribution in [0.2, 0.25) is 0 Å². The summed E-state index contributed by atoms with van der Waals surface area (Å²) >= 11 is 0. The molecule has 0 saturated carbocycles. The number of hydrogen-bond acceptors (Lipinski definition) is 4. The van der Waals surface area contributed by atoms with Gasteiger partial charge in [-0.15, -0.1) is 0 Å². The highest BCUT2D eigenvalue weighted by Gasteiger charge is 2.35. The molecule has 32 heavy (non-hydrogen) atoms. The second-order valence-corrected chi connectivity index (χ2v) is 9.08. The number of benzene rings is 2. The van der Waals surface area contributed by atoms with Gasteiger partial charge >= 0.3 is 0 Å². The smallest absolute Gasteiger partial charge is 0.242 e. The van der Waals surface area contributed by atoms with Crippen LogP contribution in [0.15, 0.2) is 48.5 Å². The van der Waals surface area contributed by atoms with Crippen molar-refractivity contribution in [2.45, 2.75) is 40.0 Å². The van der Waals surface area contributed by atoms with Crippen molar-refractivity contribution >= 4 is 11.8 Å². The van der Waals surface area contributed by atoms with E-state index in [1.165, 1.54) is 6.07 Å². The molecule has 2 amide bonds. The van der Waals surface area contributed by atoms with E-state index in [0.29, 0.717) is 18.7 Å². The molecule has 172 valence electrons. The topological polar surface area (TPSA) is 59.1 Å². The van der Waals surface area contributed by atoms with Crippen molar-refractivity contribution in [2.75, 3.05) is 26.7 Å². The van der Waals surface area contributed by atoms with Gasteiger partial charge in [0.2, 0.25) is 11.8 Å². The predicted octanol–water partition coefficient (Wildman–Crippen LogP) is 3.64. The Labute approximate surface area is 188 Å². The number of carbonyl (C=O) groups is 2. The SMILES string of the molecule is COc1ccc(CN2C[C@@H](OCc3ccccc3F)CN(C(=O)C(C)(C)C)CC2=O)cc1. The Morgan fingerprint density at radius 1 is 1.09 bits per heavy atom. The van der Waals surface area contributed by atoms with Crippen molar-refractivity contribution in [3.05, 3.63) is 65.5 Å². The van der Waals surface area contributed by atoms with E-state index in [2.05, 4.69) is 0 Å². The average Bonchev–Trinajstić information content (AvgIpc) is 2.91. The molecule has 0 aromatic heterocycles. The summed E-state index contributed by atoms with van der Waals surface area (Å²) in [6, 6.07) is 13.9. The second kappa shape index (κ2) is 10.1. The second-order valence-electron chi connectivity index (χ2n) is 9.08. The first kappa shape index (κ1) is 23.7. The van der Waals surface area contributed by atoms with Gasteiger partial charge in [0.05, 0.1) is 26.4 Å². The summed E-state index contributed by atoms with van der Waals surface area (Å²) in [4.78, 5) is 29.3. The minimum absolute atomic E-state index is 0.00812. The molecule has 1 aliphatic rings. The van der Waals surface area contributed by atoms with Crippen LogP contribution in [0, 0.1) is 11.2 Å². The van der Waals surface area contributed by atoms with Crippen molar-refractivity contribution in [2.24, 2.45) is 5.41 Å². The summed E-state index contributed by atoms with van der Waals surface area (Å²) < 4.78 is 25.3. The number of carbonyl (C=O) groups excluding carboxylic acids is 2. The van der Waals surface area contributed by atoms with Gasteiger partial charge in [-0.3, -0.25) is 9.59 Å². The quantitative estimate of drug-likeness (QED) is 0.686. The van der Waals surface area contributed by atoms with E-state index < -0.39 is 11.5 Å². The Morgan fingerprint density at radius 3 is 2.41 bits per heavy atom. The number of hydrogen-bond donors (Lipinski definition) is 0. The van der Waals surface area contributed by atoms with E-state index in [9.17, 15) is 14.0 Å². The minimum Gasteiger partial charge on any atom is -0.497 e. The van der Waals surface area contributed by atoms with Crippen molar-refractivity contribution in [3.8, 4) is 5.75 Å². The molecule has 0 radical (unpaired) electrons. The largest absolute Gasteiger partial charge is 0.497 e. The molecule has 0 unspecified atom stereocenters. The summed E-state index contributed by atoms with van der Waals surface area (Å²) in [7, 11) is 1.60. The van der Waals surface area contributed by atoms with Gasteiger partial charge in [0.1, 0.15) is 11.6 Å². The molecule has 6 nitrogen and oxygen atoms in total. The minimum atomic E-state index is -0.623. The zero-order valence-electron chi connectivity index (χ0n) is 19.1. The van der Waals surface area contributed by atoms with Gasteiger partial charge in [-0.25, -0.2) is 4.39 Å². The number of methoxy groups -OCH3 is 1. The van der Waals surface area contributed by atoms with Gasteiger partial charge in [-0.05, 0) is 23.8 Å². The molecular weight excluding hydrogens is 411 g/mol. The molecule has 1 heterocycles. The first-order valence-electron chi connectivity index (χ1n) is 10.7. The molecule has 2 aromatic carbocycles. The van der Waals surface area contributed by atoms with Gasteiger partial charge in [0, 0.05) is 30.6 Å². The van der Waals surface area contributed by atoms with Gasteiger partial charge < -0.3 is 19.3 Å². The number of amides is 2. The van der Waals surface area contributed by atoms with Crippen molar-refractivity contribution < 1.29 is 23.5 Å². The van der Waals surface area contributed by atoms with E-state index in [-0.39, 0.29) is 37.3 Å². The van der Waals surface area contributed by atoms with E-state index in [0.717, 1.165) is 11.3 Å². The van der Waals surface area contributed by atoms with Crippen LogP contribution in [-0.4, -0.2) is 54.5 Å². The lowest BCUT2D eigenvalue weighted by Crippen LogP contribution is -2.45. The van der Waals surface area contributed by atoms with Crippen LogP contribution >= 0.6 is 0 Å². The molecular formula is C25H31FN2O4. The van der Waals surface area contributed by atoms with Crippen LogP contribution in [0.5, 0.6) is 5.75 Å². The van der Waals surface area contributed by atoms with Crippen LogP contribution in [-0.2, 0) is 27.5 Å². The van der Waals surface area contributed by atoms with E-state index >= 15 is 0 Å². The van der Waals surface area contributed by atoms with Gasteiger partial charge in [-0.2, -0.15) is 0 Å². The summed E-state index contributed by atoms with van der Waals surface area (Å²) in [5.74, 6) is 0.144. The number of nitrogens with zero attached hydrogens (tertiary/aromatic N) is 2. The lowest BCUT2D eigenvalue weighted by atomic mass is 9.94. The molecule has 3 rings (SSSR count). The van der Waals surface area contributed by atoms with Gasteiger partial charge in [-0.1, -0.05) is 51.1 Å². The highest BCUT2D eigenvalue weighted by molar-refractivity contribution is 5.87. The first-order chi connectivity index (χ1) is 15.2. The summed E-state index contributed by atoms with van der Waals surface area (Å²) in [6.45, 7) is 6.52. The monoisotopic (exact) mass is 442 g/mol. The zero-order valence-corrected chi connectivity index (χ0v) is 19.1. The normalized spacial score (nSPS) is 17.3. The van der Waals surface area contributed by atoms with E-state index in [1.807, 2.05) is 45.0 Å². The fraction of sp³-hybridized carbons (Fsp3) is 0.440. The number of rotatable bonds is 6. The van der Waals surface area contributed by atoms with Crippen LogP contribution in [0.25, 0.3) is 0 Å². The third kappa shape index (κ3) is 6.07. The Balaban J connectivity index is 1.79. The van der Waals surface area contributed by atoms with Crippen molar-refractivity contribution in [1.82, 2.24) is 9.80 Å². The van der Waals surface area contributed by atoms with Crippen LogP contribution in [0.1, 0.15) is 31.9 Å². The maximum absolute atomic E-state index is 14.1. The fourth-order valence-corrected chi connectivity index (χ4v) is 3.64. The van der Waals surface area contributed by atoms with Gasteiger partial charge in [0.25, 0.3) is 0 Å². The molecule has 0 bridgehead atoms. The summed E-state index contributed by atoms with van der Waals surface area (Å²) in [5.41, 5.74) is 0.766. The van der Waals surface area contributed by atoms with Crippen LogP contribution < -0.4 is 4.74 Å². The standard InChI is InChI=1S/C25H31FN2O4/c1-25(2,3)24(30)28-15-21(32-17-19-7-5-6-8-22(19)26)14-27(23(29)16-28)13-18-9-11-20(31-4)12-10-18/h5-12,21H,13-17H2,1-4H3/t21-/m1/s1. The Kier molecular flexibility index (Phi) is 7.51. The highest BCUT2D eigenvalue weighted by atomic mass is 19.1. The average molecular weight is 443 g/mol. The molecule has 1 fully saturated rings. The maximum Gasteiger partial charge on any atom is 0.242 e. The lowest BCUT2D eigenvalue weighted by molar-refractivity contribution is -0.144. The Hall–Kier alpha value is -2.93. The van der Waals surface area contributed by atoms with Crippen LogP contribution in [0.4, 0.5) is 4.39 Å². The van der Waals surface area contributed by atoms with Crippen LogP contribution in [0.3, 0.4) is 0 Å². The molecule has 0 N–H and O–H groups in total. The lowest BCUT2D eigenvalue weighted by Gasteiger charge is -2.29. The molecule has 1 saturated heterocycles. The molecule has 1 atom stereocenters. The highest BCUT2D eigenvalue weighted by Crippen LogP contribution is 2.22. The van der Waals surface area contributed by atoms with Crippen molar-refractivity contribution in [3.63, 3.8) is 0 Å². The first-order valence-corrected chi connectivity index (χ1v) is 10.7. The third-order valence-electron chi connectivity index (χ3n) is 5.42. The van der Waals surface area contributed by atoms with Crippen molar-refractivity contribution in [1.29, 1.82) is 0 Å². The molecule has 2 aromatic rings. The maximum atomic E-state index is 14.1. The molecule has 0 spiro atoms. The summed E-state index contributed by atoms with van der Waals surface area (Å²) in [6.07, 6.45) is -0.439. The van der Waals surface area contributed by atoms with E-state index in [4.69, 9.17) is 9.47 Å². The number of ether oxygens (including phenoxy) is 2.